The predicted octanol–water partition coefficient (Wildman–Crippen LogP) is 4.69. The molecule has 38 heavy (non-hydrogen) atoms. The second kappa shape index (κ2) is 13.6. The maximum absolute atomic E-state index is 13.6. The SMILES string of the molecule is CNC(=O)[C@H](Cc1ccccc1)N(Cc1ccc(Br)cc1)C(=O)CCCN(c1ccc(C)cc1)S(C)(=O)=O. The van der Waals surface area contributed by atoms with E-state index >= 15 is 0 Å². The van der Waals surface area contributed by atoms with Gasteiger partial charge in [0, 0.05) is 37.5 Å². The Morgan fingerprint density at radius 1 is 0.921 bits per heavy atom. The van der Waals surface area contributed by atoms with Gasteiger partial charge in [0.2, 0.25) is 21.8 Å². The number of carbonyl (C=O) groups is 2. The molecular formula is C29H34BrN3O4S. The number of amides is 2. The maximum Gasteiger partial charge on any atom is 0.242 e. The molecule has 0 unspecified atom stereocenters. The van der Waals surface area contributed by atoms with E-state index in [2.05, 4.69) is 21.2 Å². The Morgan fingerprint density at radius 2 is 1.55 bits per heavy atom. The average molecular weight is 601 g/mol. The highest BCUT2D eigenvalue weighted by Gasteiger charge is 2.30. The Hall–Kier alpha value is -3.17. The van der Waals surface area contributed by atoms with Crippen LogP contribution in [0.25, 0.3) is 0 Å². The third-order valence-corrected chi connectivity index (χ3v) is 7.98. The molecule has 3 rings (SSSR count). The van der Waals surface area contributed by atoms with Crippen LogP contribution in [-0.4, -0.2) is 51.0 Å². The topological polar surface area (TPSA) is 86.8 Å². The highest BCUT2D eigenvalue weighted by Crippen LogP contribution is 2.21. The molecule has 0 aromatic heterocycles. The van der Waals surface area contributed by atoms with Gasteiger partial charge in [-0.1, -0.05) is 76.1 Å². The largest absolute Gasteiger partial charge is 0.357 e. The van der Waals surface area contributed by atoms with E-state index in [4.69, 9.17) is 0 Å². The van der Waals surface area contributed by atoms with Crippen LogP contribution in [0.2, 0.25) is 0 Å². The van der Waals surface area contributed by atoms with Crippen LogP contribution in [0, 0.1) is 6.92 Å². The van der Waals surface area contributed by atoms with Gasteiger partial charge < -0.3 is 10.2 Å². The highest BCUT2D eigenvalue weighted by atomic mass is 79.9. The van der Waals surface area contributed by atoms with Gasteiger partial charge in [0.15, 0.2) is 0 Å². The number of anilines is 1. The van der Waals surface area contributed by atoms with Gasteiger partial charge in [0.1, 0.15) is 6.04 Å². The zero-order valence-corrected chi connectivity index (χ0v) is 24.3. The summed E-state index contributed by atoms with van der Waals surface area (Å²) in [5, 5.41) is 2.71. The van der Waals surface area contributed by atoms with E-state index in [-0.39, 0.29) is 31.3 Å². The van der Waals surface area contributed by atoms with Crippen molar-refractivity contribution in [2.75, 3.05) is 24.2 Å². The van der Waals surface area contributed by atoms with Gasteiger partial charge in [-0.25, -0.2) is 8.42 Å². The molecule has 3 aromatic carbocycles. The molecule has 0 saturated carbocycles. The first-order valence-corrected chi connectivity index (χ1v) is 15.1. The summed E-state index contributed by atoms with van der Waals surface area (Å²) in [4.78, 5) is 28.3. The van der Waals surface area contributed by atoms with Crippen molar-refractivity contribution in [1.82, 2.24) is 10.2 Å². The van der Waals surface area contributed by atoms with Gasteiger partial charge in [-0.15, -0.1) is 0 Å². The minimum absolute atomic E-state index is 0.0939. The van der Waals surface area contributed by atoms with E-state index in [1.165, 1.54) is 4.31 Å². The summed E-state index contributed by atoms with van der Waals surface area (Å²) in [6, 6.07) is 23.7. The lowest BCUT2D eigenvalue weighted by Gasteiger charge is -2.31. The summed E-state index contributed by atoms with van der Waals surface area (Å²) in [5.74, 6) is -0.466. The van der Waals surface area contributed by atoms with E-state index in [1.807, 2.05) is 73.7 Å². The standard InChI is InChI=1S/C29H34BrN3O4S/c1-22-11-17-26(18-12-22)33(38(3,36)37)19-7-10-28(34)32(21-24-13-15-25(30)16-14-24)27(29(35)31-2)20-23-8-5-4-6-9-23/h4-6,8-9,11-18,27H,7,10,19-21H2,1-3H3,(H,31,35)/t27-/m0/s1. The second-order valence-electron chi connectivity index (χ2n) is 9.24. The molecule has 0 bridgehead atoms. The molecule has 9 heteroatoms. The first-order valence-electron chi connectivity index (χ1n) is 12.4. The number of nitrogens with zero attached hydrogens (tertiary/aromatic N) is 2. The summed E-state index contributed by atoms with van der Waals surface area (Å²) in [6.45, 7) is 2.35. The van der Waals surface area contributed by atoms with Gasteiger partial charge in [-0.2, -0.15) is 0 Å². The lowest BCUT2D eigenvalue weighted by Crippen LogP contribution is -2.49. The molecule has 1 N–H and O–H groups in total. The minimum atomic E-state index is -3.54. The Kier molecular flexibility index (Phi) is 10.5. The second-order valence-corrected chi connectivity index (χ2v) is 12.1. The number of sulfonamides is 1. The van der Waals surface area contributed by atoms with Crippen LogP contribution in [-0.2, 0) is 32.6 Å². The minimum Gasteiger partial charge on any atom is -0.357 e. The van der Waals surface area contributed by atoms with Gasteiger partial charge in [0.05, 0.1) is 11.9 Å². The Balaban J connectivity index is 1.83. The molecule has 0 aliphatic carbocycles. The van der Waals surface area contributed by atoms with Crippen molar-refractivity contribution >= 4 is 43.5 Å². The van der Waals surface area contributed by atoms with E-state index in [0.29, 0.717) is 18.5 Å². The molecule has 0 fully saturated rings. The number of benzene rings is 3. The van der Waals surface area contributed by atoms with E-state index in [9.17, 15) is 18.0 Å². The van der Waals surface area contributed by atoms with Crippen LogP contribution in [0.3, 0.4) is 0 Å². The first-order chi connectivity index (χ1) is 18.1. The Labute approximate surface area is 234 Å². The zero-order valence-electron chi connectivity index (χ0n) is 21.9. The van der Waals surface area contributed by atoms with E-state index in [1.54, 1.807) is 24.1 Å². The molecule has 0 saturated heterocycles. The Bertz CT molecular complexity index is 1310. The summed E-state index contributed by atoms with van der Waals surface area (Å²) in [7, 11) is -1.97. The van der Waals surface area contributed by atoms with E-state index < -0.39 is 16.1 Å². The van der Waals surface area contributed by atoms with Crippen molar-refractivity contribution in [2.45, 2.75) is 38.8 Å². The predicted molar refractivity (Wildman–Crippen MR) is 155 cm³/mol. The fourth-order valence-corrected chi connectivity index (χ4v) is 5.45. The zero-order chi connectivity index (χ0) is 27.7. The number of nitrogens with one attached hydrogen (secondary N) is 1. The van der Waals surface area contributed by atoms with Gasteiger partial charge in [0.25, 0.3) is 0 Å². The number of hydrogen-bond acceptors (Lipinski definition) is 4. The van der Waals surface area contributed by atoms with Crippen molar-refractivity contribution < 1.29 is 18.0 Å². The summed E-state index contributed by atoms with van der Waals surface area (Å²) < 4.78 is 27.3. The van der Waals surface area contributed by atoms with Crippen molar-refractivity contribution in [2.24, 2.45) is 0 Å². The molecule has 0 spiro atoms. The average Bonchev–Trinajstić information content (AvgIpc) is 2.89. The van der Waals surface area contributed by atoms with Crippen LogP contribution in [0.5, 0.6) is 0 Å². The number of aryl methyl sites for hydroxylation is 1. The molecule has 3 aromatic rings. The molecule has 202 valence electrons. The molecule has 2 amide bonds. The van der Waals surface area contributed by atoms with Crippen molar-refractivity contribution in [1.29, 1.82) is 0 Å². The fourth-order valence-electron chi connectivity index (χ4n) is 4.22. The van der Waals surface area contributed by atoms with Crippen molar-refractivity contribution in [3.63, 3.8) is 0 Å². The quantitative estimate of drug-likeness (QED) is 0.327. The highest BCUT2D eigenvalue weighted by molar-refractivity contribution is 9.10. The molecule has 0 aliphatic rings. The number of hydrogen-bond donors (Lipinski definition) is 1. The monoisotopic (exact) mass is 599 g/mol. The molecule has 0 radical (unpaired) electrons. The lowest BCUT2D eigenvalue weighted by molar-refractivity contribution is -0.141. The molecule has 1 atom stereocenters. The number of rotatable bonds is 12. The van der Waals surface area contributed by atoms with Crippen LogP contribution in [0.15, 0.2) is 83.3 Å². The number of carbonyl (C=O) groups excluding carboxylic acids is 2. The number of likely N-dealkylation sites (N-methyl/N-ethyl adjacent to an activating group) is 1. The van der Waals surface area contributed by atoms with Crippen LogP contribution < -0.4 is 9.62 Å². The normalized spacial score (nSPS) is 12.0. The third-order valence-electron chi connectivity index (χ3n) is 6.26. The lowest BCUT2D eigenvalue weighted by atomic mass is 10.0. The first kappa shape index (κ1) is 29.4. The van der Waals surface area contributed by atoms with Crippen molar-refractivity contribution in [3.05, 3.63) is 100 Å². The van der Waals surface area contributed by atoms with Crippen LogP contribution in [0.4, 0.5) is 5.69 Å². The van der Waals surface area contributed by atoms with Gasteiger partial charge >= 0.3 is 0 Å². The summed E-state index contributed by atoms with van der Waals surface area (Å²) >= 11 is 3.44. The fraction of sp³-hybridized carbons (Fsp3) is 0.310. The van der Waals surface area contributed by atoms with Gasteiger partial charge in [-0.05, 0) is 48.7 Å². The summed E-state index contributed by atoms with van der Waals surface area (Å²) in [5.41, 5.74) is 3.42. The van der Waals surface area contributed by atoms with Crippen molar-refractivity contribution in [3.8, 4) is 0 Å². The smallest absolute Gasteiger partial charge is 0.242 e. The number of halogens is 1. The molecule has 7 nitrogen and oxygen atoms in total. The molecule has 0 aliphatic heterocycles. The molecular weight excluding hydrogens is 566 g/mol. The third kappa shape index (κ3) is 8.43. The van der Waals surface area contributed by atoms with Gasteiger partial charge in [-0.3, -0.25) is 13.9 Å². The van der Waals surface area contributed by atoms with Crippen LogP contribution in [0.1, 0.15) is 29.5 Å². The van der Waals surface area contributed by atoms with Crippen LogP contribution >= 0.6 is 15.9 Å². The maximum atomic E-state index is 13.6. The van der Waals surface area contributed by atoms with E-state index in [0.717, 1.165) is 27.4 Å². The Morgan fingerprint density at radius 3 is 2.13 bits per heavy atom. The summed E-state index contributed by atoms with van der Waals surface area (Å²) in [6.07, 6.45) is 1.93. The molecule has 0 heterocycles.